The number of amides is 2. The zero-order chi connectivity index (χ0) is 22.8. The first-order valence-corrected chi connectivity index (χ1v) is 8.57. The lowest BCUT2D eigenvalue weighted by molar-refractivity contribution is -0.146. The molecular formula is C19H16F4N2O6. The third-order valence-electron chi connectivity index (χ3n) is 3.46. The second-order valence-corrected chi connectivity index (χ2v) is 5.67. The first kappa shape index (κ1) is 23.4. The highest BCUT2D eigenvalue weighted by molar-refractivity contribution is 5.97. The SMILES string of the molecule is O=C(COC(=O)CNC(=O)c1cccc(OC(F)F)c1)Nc1ccccc1OC(F)F. The minimum absolute atomic E-state index is 0.0423. The number of esters is 1. The first-order valence-electron chi connectivity index (χ1n) is 8.57. The average Bonchev–Trinajstić information content (AvgIpc) is 2.71. The number of para-hydroxylation sites is 2. The molecule has 2 rings (SSSR count). The third kappa shape index (κ3) is 8.20. The fraction of sp³-hybridized carbons (Fsp3) is 0.211. The molecule has 0 fully saturated rings. The molecule has 0 spiro atoms. The molecule has 0 heterocycles. The highest BCUT2D eigenvalue weighted by Gasteiger charge is 2.15. The molecule has 0 radical (unpaired) electrons. The molecule has 0 aliphatic heterocycles. The van der Waals surface area contributed by atoms with Crippen molar-refractivity contribution in [1.82, 2.24) is 5.32 Å². The number of alkyl halides is 4. The summed E-state index contributed by atoms with van der Waals surface area (Å²) in [5.41, 5.74) is -0.0950. The van der Waals surface area contributed by atoms with Crippen LogP contribution in [0.4, 0.5) is 23.2 Å². The number of anilines is 1. The van der Waals surface area contributed by atoms with Gasteiger partial charge < -0.3 is 24.8 Å². The van der Waals surface area contributed by atoms with Crippen LogP contribution in [0.1, 0.15) is 10.4 Å². The van der Waals surface area contributed by atoms with Crippen LogP contribution in [0, 0.1) is 0 Å². The number of rotatable bonds is 10. The second-order valence-electron chi connectivity index (χ2n) is 5.67. The Labute approximate surface area is 173 Å². The van der Waals surface area contributed by atoms with Crippen LogP contribution in [0.3, 0.4) is 0 Å². The molecule has 2 N–H and O–H groups in total. The normalized spacial score (nSPS) is 10.5. The summed E-state index contributed by atoms with van der Waals surface area (Å²) >= 11 is 0. The zero-order valence-electron chi connectivity index (χ0n) is 15.6. The van der Waals surface area contributed by atoms with Crippen molar-refractivity contribution in [1.29, 1.82) is 0 Å². The van der Waals surface area contributed by atoms with Gasteiger partial charge in [-0.3, -0.25) is 14.4 Å². The summed E-state index contributed by atoms with van der Waals surface area (Å²) in [5, 5.41) is 4.44. The Kier molecular flexibility index (Phi) is 8.61. The molecule has 0 unspecified atom stereocenters. The van der Waals surface area contributed by atoms with E-state index in [1.807, 2.05) is 0 Å². The Hall–Kier alpha value is -3.83. The number of nitrogens with one attached hydrogen (secondary N) is 2. The second kappa shape index (κ2) is 11.4. The Morgan fingerprint density at radius 1 is 0.903 bits per heavy atom. The van der Waals surface area contributed by atoms with Gasteiger partial charge in [0, 0.05) is 5.56 Å². The van der Waals surface area contributed by atoms with E-state index in [0.29, 0.717) is 0 Å². The molecule has 0 aliphatic rings. The van der Waals surface area contributed by atoms with Gasteiger partial charge in [0.05, 0.1) is 5.69 Å². The van der Waals surface area contributed by atoms with E-state index >= 15 is 0 Å². The molecular weight excluding hydrogens is 428 g/mol. The van der Waals surface area contributed by atoms with E-state index in [9.17, 15) is 31.9 Å². The number of hydrogen-bond donors (Lipinski definition) is 2. The molecule has 166 valence electrons. The number of halogens is 4. The van der Waals surface area contributed by atoms with Gasteiger partial charge in [-0.25, -0.2) is 0 Å². The van der Waals surface area contributed by atoms with Gasteiger partial charge in [0.15, 0.2) is 6.61 Å². The van der Waals surface area contributed by atoms with Crippen LogP contribution in [-0.4, -0.2) is 44.2 Å². The maximum atomic E-state index is 12.4. The molecule has 31 heavy (non-hydrogen) atoms. The molecule has 0 saturated carbocycles. The van der Waals surface area contributed by atoms with Crippen LogP contribution in [-0.2, 0) is 14.3 Å². The Bertz CT molecular complexity index is 926. The fourth-order valence-corrected chi connectivity index (χ4v) is 2.22. The average molecular weight is 444 g/mol. The molecule has 0 bridgehead atoms. The van der Waals surface area contributed by atoms with Crippen molar-refractivity contribution in [2.75, 3.05) is 18.5 Å². The molecule has 0 atom stereocenters. The summed E-state index contributed by atoms with van der Waals surface area (Å²) in [6.07, 6.45) is 0. The fourth-order valence-electron chi connectivity index (χ4n) is 2.22. The zero-order valence-corrected chi connectivity index (χ0v) is 15.6. The third-order valence-corrected chi connectivity index (χ3v) is 3.46. The molecule has 0 aromatic heterocycles. The maximum absolute atomic E-state index is 12.4. The highest BCUT2D eigenvalue weighted by Crippen LogP contribution is 2.25. The van der Waals surface area contributed by atoms with E-state index in [1.54, 1.807) is 0 Å². The molecule has 0 aliphatic carbocycles. The molecule has 2 aromatic rings. The Morgan fingerprint density at radius 2 is 1.61 bits per heavy atom. The van der Waals surface area contributed by atoms with Gasteiger partial charge in [0.1, 0.15) is 18.0 Å². The van der Waals surface area contributed by atoms with Crippen LogP contribution in [0.25, 0.3) is 0 Å². The van der Waals surface area contributed by atoms with Gasteiger partial charge in [-0.1, -0.05) is 18.2 Å². The molecule has 0 saturated heterocycles. The van der Waals surface area contributed by atoms with E-state index in [2.05, 4.69) is 24.8 Å². The van der Waals surface area contributed by atoms with Crippen molar-refractivity contribution < 1.29 is 46.2 Å². The predicted octanol–water partition coefficient (Wildman–Crippen LogP) is 2.80. The largest absolute Gasteiger partial charge is 0.454 e. The number of carbonyl (C=O) groups excluding carboxylic acids is 3. The molecule has 12 heteroatoms. The van der Waals surface area contributed by atoms with Crippen LogP contribution in [0.2, 0.25) is 0 Å². The van der Waals surface area contributed by atoms with E-state index in [-0.39, 0.29) is 22.7 Å². The Balaban J connectivity index is 1.79. The van der Waals surface area contributed by atoms with Crippen LogP contribution >= 0.6 is 0 Å². The van der Waals surface area contributed by atoms with Gasteiger partial charge in [0.2, 0.25) is 0 Å². The van der Waals surface area contributed by atoms with Gasteiger partial charge in [0.25, 0.3) is 11.8 Å². The monoisotopic (exact) mass is 444 g/mol. The van der Waals surface area contributed by atoms with Gasteiger partial charge in [-0.15, -0.1) is 0 Å². The number of ether oxygens (including phenoxy) is 3. The van der Waals surface area contributed by atoms with Crippen LogP contribution in [0.5, 0.6) is 11.5 Å². The Morgan fingerprint density at radius 3 is 2.32 bits per heavy atom. The predicted molar refractivity (Wildman–Crippen MR) is 98.1 cm³/mol. The molecule has 2 aromatic carbocycles. The maximum Gasteiger partial charge on any atom is 0.387 e. The minimum atomic E-state index is -3.10. The topological polar surface area (TPSA) is 103 Å². The standard InChI is InChI=1S/C19H16F4N2O6/c20-18(21)30-12-5-3-4-11(8-12)17(28)24-9-16(27)29-10-15(26)25-13-6-1-2-7-14(13)31-19(22)23/h1-8,18-19H,9-10H2,(H,24,28)(H,25,26). The lowest BCUT2D eigenvalue weighted by Crippen LogP contribution is -2.32. The highest BCUT2D eigenvalue weighted by atomic mass is 19.3. The van der Waals surface area contributed by atoms with Crippen molar-refractivity contribution in [3.63, 3.8) is 0 Å². The summed E-state index contributed by atoms with van der Waals surface area (Å²) < 4.78 is 62.3. The van der Waals surface area contributed by atoms with Gasteiger partial charge in [-0.05, 0) is 30.3 Å². The quantitative estimate of drug-likeness (QED) is 0.432. The summed E-state index contributed by atoms with van der Waals surface area (Å²) in [6, 6.07) is 10.3. The number of hydrogen-bond acceptors (Lipinski definition) is 6. The summed E-state index contributed by atoms with van der Waals surface area (Å²) in [4.78, 5) is 35.5. The lowest BCUT2D eigenvalue weighted by Gasteiger charge is -2.12. The molecule has 2 amide bonds. The lowest BCUT2D eigenvalue weighted by atomic mass is 10.2. The van der Waals surface area contributed by atoms with Gasteiger partial charge in [-0.2, -0.15) is 17.6 Å². The van der Waals surface area contributed by atoms with Crippen molar-refractivity contribution in [3.05, 3.63) is 54.1 Å². The van der Waals surface area contributed by atoms with Gasteiger partial charge >= 0.3 is 19.2 Å². The van der Waals surface area contributed by atoms with Crippen molar-refractivity contribution >= 4 is 23.5 Å². The van der Waals surface area contributed by atoms with Crippen molar-refractivity contribution in [2.24, 2.45) is 0 Å². The van der Waals surface area contributed by atoms with E-state index in [0.717, 1.165) is 6.07 Å². The van der Waals surface area contributed by atoms with E-state index < -0.39 is 44.2 Å². The minimum Gasteiger partial charge on any atom is -0.454 e. The van der Waals surface area contributed by atoms with E-state index in [4.69, 9.17) is 0 Å². The molecule has 8 nitrogen and oxygen atoms in total. The summed E-state index contributed by atoms with van der Waals surface area (Å²) in [6.45, 7) is -7.53. The smallest absolute Gasteiger partial charge is 0.387 e. The van der Waals surface area contributed by atoms with E-state index in [1.165, 1.54) is 42.5 Å². The first-order chi connectivity index (χ1) is 14.7. The van der Waals surface area contributed by atoms with Crippen molar-refractivity contribution in [2.45, 2.75) is 13.2 Å². The number of carbonyl (C=O) groups is 3. The van der Waals surface area contributed by atoms with Crippen LogP contribution in [0.15, 0.2) is 48.5 Å². The number of benzene rings is 2. The summed E-state index contributed by atoms with van der Waals surface area (Å²) in [7, 11) is 0. The van der Waals surface area contributed by atoms with Crippen molar-refractivity contribution in [3.8, 4) is 11.5 Å². The van der Waals surface area contributed by atoms with Crippen LogP contribution < -0.4 is 20.1 Å². The summed E-state index contributed by atoms with van der Waals surface area (Å²) in [5.74, 6) is -3.08.